The zero-order valence-corrected chi connectivity index (χ0v) is 13.0. The van der Waals surface area contributed by atoms with Crippen molar-refractivity contribution in [1.82, 2.24) is 0 Å². The maximum absolute atomic E-state index is 10.5. The summed E-state index contributed by atoms with van der Waals surface area (Å²) in [7, 11) is -2.57. The minimum Gasteiger partial charge on any atom is -0.504 e. The standard InChI is InChI=1S/C19H26O3/c1-19-10-9-12-11-5-7-16(20)18(22-2)14(11)4-3-13(12)15(19)6-8-17(19)21/h5,7,12-13,15,17,20-21H,3-4,6,8-10H2,1-2H3/t12?,13?,15?,17-,19-/m0/s1/i2D3. The molecule has 1 aromatic carbocycles. The molecule has 3 heteroatoms. The molecular formula is C19H26O3. The quantitative estimate of drug-likeness (QED) is 0.833. The van der Waals surface area contributed by atoms with Gasteiger partial charge in [0.15, 0.2) is 11.5 Å². The molecule has 2 N–H and O–H groups in total. The Morgan fingerprint density at radius 2 is 2.14 bits per heavy atom. The molecule has 3 aliphatic carbocycles. The van der Waals surface area contributed by atoms with E-state index in [9.17, 15) is 10.2 Å². The van der Waals surface area contributed by atoms with Gasteiger partial charge in [0.1, 0.15) is 0 Å². The first kappa shape index (κ1) is 11.3. The molecule has 3 nitrogen and oxygen atoms in total. The number of ether oxygens (including phenoxy) is 1. The average molecular weight is 305 g/mol. The van der Waals surface area contributed by atoms with Crippen LogP contribution in [0.15, 0.2) is 12.1 Å². The first-order valence-corrected chi connectivity index (χ1v) is 8.42. The summed E-state index contributed by atoms with van der Waals surface area (Å²) in [6.45, 7) is 2.24. The van der Waals surface area contributed by atoms with Gasteiger partial charge < -0.3 is 14.9 Å². The summed E-state index contributed by atoms with van der Waals surface area (Å²) in [5, 5.41) is 20.6. The first-order valence-electron chi connectivity index (χ1n) is 9.92. The molecule has 0 saturated heterocycles. The van der Waals surface area contributed by atoms with E-state index in [1.165, 1.54) is 0 Å². The maximum atomic E-state index is 10.5. The first-order chi connectivity index (χ1) is 11.7. The number of hydrogen-bond acceptors (Lipinski definition) is 3. The molecule has 0 aromatic heterocycles. The Balaban J connectivity index is 1.71. The third-order valence-corrected chi connectivity index (χ3v) is 6.89. The lowest BCUT2D eigenvalue weighted by Gasteiger charge is -2.50. The lowest BCUT2D eigenvalue weighted by molar-refractivity contribution is -0.0227. The van der Waals surface area contributed by atoms with Crippen LogP contribution in [0.2, 0.25) is 0 Å². The highest BCUT2D eigenvalue weighted by atomic mass is 16.5. The van der Waals surface area contributed by atoms with Gasteiger partial charge in [-0.1, -0.05) is 13.0 Å². The minimum atomic E-state index is -2.57. The van der Waals surface area contributed by atoms with Crippen LogP contribution in [0.4, 0.5) is 0 Å². The number of aromatic hydroxyl groups is 1. The van der Waals surface area contributed by atoms with Crippen LogP contribution in [0.3, 0.4) is 0 Å². The highest BCUT2D eigenvalue weighted by Crippen LogP contribution is 2.61. The molecular weight excluding hydrogens is 276 g/mol. The van der Waals surface area contributed by atoms with Crippen molar-refractivity contribution < 1.29 is 19.1 Å². The molecule has 1 aromatic rings. The molecule has 0 heterocycles. The van der Waals surface area contributed by atoms with Crippen molar-refractivity contribution in [2.75, 3.05) is 7.04 Å². The summed E-state index contributed by atoms with van der Waals surface area (Å²) >= 11 is 0. The van der Waals surface area contributed by atoms with Gasteiger partial charge in [0, 0.05) is 5.56 Å². The Morgan fingerprint density at radius 1 is 1.27 bits per heavy atom. The number of phenolic OH excluding ortho intramolecular Hbond substituents is 1. The summed E-state index contributed by atoms with van der Waals surface area (Å²) in [5.41, 5.74) is 2.02. The van der Waals surface area contributed by atoms with Gasteiger partial charge in [0.25, 0.3) is 0 Å². The van der Waals surface area contributed by atoms with E-state index in [-0.39, 0.29) is 23.0 Å². The van der Waals surface area contributed by atoms with Gasteiger partial charge >= 0.3 is 0 Å². The van der Waals surface area contributed by atoms with E-state index < -0.39 is 7.04 Å². The van der Waals surface area contributed by atoms with Crippen LogP contribution in [0, 0.1) is 17.3 Å². The van der Waals surface area contributed by atoms with Crippen molar-refractivity contribution >= 4 is 0 Å². The monoisotopic (exact) mass is 305 g/mol. The lowest BCUT2D eigenvalue weighted by atomic mass is 9.55. The summed E-state index contributed by atoms with van der Waals surface area (Å²) in [5.74, 6) is 1.46. The highest BCUT2D eigenvalue weighted by Gasteiger charge is 2.54. The largest absolute Gasteiger partial charge is 0.504 e. The van der Waals surface area contributed by atoms with Crippen LogP contribution in [0.5, 0.6) is 11.5 Å². The third kappa shape index (κ3) is 1.78. The van der Waals surface area contributed by atoms with E-state index in [0.29, 0.717) is 17.8 Å². The zero-order chi connectivity index (χ0) is 18.0. The smallest absolute Gasteiger partial charge is 0.163 e. The fraction of sp³-hybridized carbons (Fsp3) is 0.684. The fourth-order valence-corrected chi connectivity index (χ4v) is 5.71. The molecule has 0 amide bonds. The molecule has 3 aliphatic rings. The molecule has 2 saturated carbocycles. The van der Waals surface area contributed by atoms with Gasteiger partial charge in [0.05, 0.1) is 17.3 Å². The molecule has 0 spiro atoms. The molecule has 2 fully saturated rings. The van der Waals surface area contributed by atoms with Gasteiger partial charge in [-0.3, -0.25) is 0 Å². The van der Waals surface area contributed by atoms with E-state index in [0.717, 1.165) is 49.7 Å². The Bertz CT molecular complexity index is 687. The van der Waals surface area contributed by atoms with Crippen molar-refractivity contribution in [3.63, 3.8) is 0 Å². The number of benzene rings is 1. The van der Waals surface area contributed by atoms with Crippen LogP contribution in [0.25, 0.3) is 0 Å². The summed E-state index contributed by atoms with van der Waals surface area (Å²) in [4.78, 5) is 0. The van der Waals surface area contributed by atoms with Gasteiger partial charge in [-0.05, 0) is 73.3 Å². The van der Waals surface area contributed by atoms with Gasteiger partial charge in [-0.2, -0.15) is 0 Å². The summed E-state index contributed by atoms with van der Waals surface area (Å²) in [6.07, 6.45) is 5.44. The van der Waals surface area contributed by atoms with E-state index in [1.54, 1.807) is 6.07 Å². The Morgan fingerprint density at radius 3 is 2.95 bits per heavy atom. The second kappa shape index (κ2) is 4.89. The van der Waals surface area contributed by atoms with Crippen molar-refractivity contribution in [3.05, 3.63) is 23.3 Å². The maximum Gasteiger partial charge on any atom is 0.163 e. The van der Waals surface area contributed by atoms with Crippen molar-refractivity contribution in [3.8, 4) is 11.5 Å². The van der Waals surface area contributed by atoms with Crippen molar-refractivity contribution in [1.29, 1.82) is 0 Å². The molecule has 0 radical (unpaired) electrons. The van der Waals surface area contributed by atoms with E-state index in [4.69, 9.17) is 8.85 Å². The number of hydrogen-bond donors (Lipinski definition) is 2. The van der Waals surface area contributed by atoms with E-state index in [2.05, 4.69) is 6.92 Å². The van der Waals surface area contributed by atoms with Crippen molar-refractivity contribution in [2.24, 2.45) is 17.3 Å². The van der Waals surface area contributed by atoms with Gasteiger partial charge in [0.2, 0.25) is 0 Å². The molecule has 0 bridgehead atoms. The molecule has 5 atom stereocenters. The fourth-order valence-electron chi connectivity index (χ4n) is 5.71. The predicted molar refractivity (Wildman–Crippen MR) is 85.3 cm³/mol. The zero-order valence-electron chi connectivity index (χ0n) is 16.0. The van der Waals surface area contributed by atoms with Gasteiger partial charge in [-0.25, -0.2) is 0 Å². The molecule has 120 valence electrons. The van der Waals surface area contributed by atoms with Gasteiger partial charge in [-0.15, -0.1) is 0 Å². The average Bonchev–Trinajstić information content (AvgIpc) is 2.84. The number of aliphatic hydroxyl groups excluding tert-OH is 1. The molecule has 4 rings (SSSR count). The second-order valence-corrected chi connectivity index (χ2v) is 7.64. The highest BCUT2D eigenvalue weighted by molar-refractivity contribution is 5.52. The Kier molecular flexibility index (Phi) is 2.52. The second-order valence-electron chi connectivity index (χ2n) is 7.64. The summed E-state index contributed by atoms with van der Waals surface area (Å²) < 4.78 is 27.3. The van der Waals surface area contributed by atoms with Crippen molar-refractivity contribution in [2.45, 2.75) is 57.5 Å². The third-order valence-electron chi connectivity index (χ3n) is 6.89. The number of aliphatic hydroxyl groups is 1. The van der Waals surface area contributed by atoms with E-state index in [1.807, 2.05) is 6.07 Å². The topological polar surface area (TPSA) is 49.7 Å². The predicted octanol–water partition coefficient (Wildman–Crippen LogP) is 3.62. The minimum absolute atomic E-state index is 0.0214. The van der Waals surface area contributed by atoms with Crippen LogP contribution < -0.4 is 4.74 Å². The van der Waals surface area contributed by atoms with Crippen LogP contribution >= 0.6 is 0 Å². The number of methoxy groups -OCH3 is 1. The van der Waals surface area contributed by atoms with E-state index >= 15 is 0 Å². The van der Waals surface area contributed by atoms with Crippen LogP contribution in [0.1, 0.15) is 60.2 Å². The molecule has 22 heavy (non-hydrogen) atoms. The number of fused-ring (bicyclic) bond motifs is 5. The Labute approximate surface area is 136 Å². The van der Waals surface area contributed by atoms with Crippen LogP contribution in [-0.2, 0) is 6.42 Å². The SMILES string of the molecule is [2H]C([2H])([2H])Oc1c(O)ccc2c1CCC1C2CC[C@@]2(C)C1CC[C@@H]2O. The molecule has 0 aliphatic heterocycles. The Hall–Kier alpha value is -1.22. The van der Waals surface area contributed by atoms with Crippen LogP contribution in [-0.4, -0.2) is 23.4 Å². The lowest BCUT2D eigenvalue weighted by Crippen LogP contribution is -2.43. The molecule has 3 unspecified atom stereocenters. The number of phenols is 1. The normalized spacial score (nSPS) is 42.4. The number of rotatable bonds is 1. The summed E-state index contributed by atoms with van der Waals surface area (Å²) in [6, 6.07) is 3.52.